The van der Waals surface area contributed by atoms with E-state index in [2.05, 4.69) is 11.8 Å². The third-order valence-corrected chi connectivity index (χ3v) is 1.46. The van der Waals surface area contributed by atoms with Gasteiger partial charge in [-0.1, -0.05) is 11.8 Å². The molecule has 0 rings (SSSR count). The Morgan fingerprint density at radius 3 is 1.38 bits per heavy atom. The molecule has 0 nitrogen and oxygen atoms in total. The molecule has 0 N–H and O–H groups in total. The molecule has 0 aromatic rings. The van der Waals surface area contributed by atoms with Crippen molar-refractivity contribution in [1.82, 2.24) is 0 Å². The van der Waals surface area contributed by atoms with E-state index < -0.39 is 10.8 Å². The molecule has 42 valence electrons. The second kappa shape index (κ2) is 3.67. The second-order valence-corrected chi connectivity index (χ2v) is 2.08. The van der Waals surface area contributed by atoms with Crippen LogP contribution >= 0.6 is 23.2 Å². The number of terminal acetylenes is 2. The highest BCUT2D eigenvalue weighted by atomic mass is 35.5. The molecule has 2 heteroatoms. The third kappa shape index (κ3) is 2.12. The minimum Gasteiger partial charge on any atom is -0.118 e. The first-order valence-corrected chi connectivity index (χ1v) is 2.80. The van der Waals surface area contributed by atoms with E-state index in [-0.39, 0.29) is 0 Å². The highest BCUT2D eigenvalue weighted by Crippen LogP contribution is 2.06. The highest BCUT2D eigenvalue weighted by molar-refractivity contribution is 6.32. The van der Waals surface area contributed by atoms with Crippen molar-refractivity contribution in [2.24, 2.45) is 0 Å². The maximum atomic E-state index is 5.41. The molecule has 0 spiro atoms. The highest BCUT2D eigenvalue weighted by Gasteiger charge is 2.08. The lowest BCUT2D eigenvalue weighted by Gasteiger charge is -1.99. The first-order chi connectivity index (χ1) is 3.72. The molecule has 0 radical (unpaired) electrons. The zero-order chi connectivity index (χ0) is 6.57. The van der Waals surface area contributed by atoms with E-state index in [0.717, 1.165) is 0 Å². The Bertz CT molecular complexity index is 120. The molecule has 0 amide bonds. The van der Waals surface area contributed by atoms with E-state index in [0.29, 0.717) is 0 Å². The van der Waals surface area contributed by atoms with Crippen molar-refractivity contribution in [3.8, 4) is 24.7 Å². The van der Waals surface area contributed by atoms with Gasteiger partial charge >= 0.3 is 0 Å². The van der Waals surface area contributed by atoms with Crippen LogP contribution in [0.1, 0.15) is 0 Å². The van der Waals surface area contributed by atoms with Crippen LogP contribution in [0.4, 0.5) is 0 Å². The van der Waals surface area contributed by atoms with Gasteiger partial charge in [0.05, 0.1) is 0 Å². The summed E-state index contributed by atoms with van der Waals surface area (Å²) >= 11 is 10.8. The van der Waals surface area contributed by atoms with Gasteiger partial charge in [-0.2, -0.15) is 0 Å². The second-order valence-electron chi connectivity index (χ2n) is 1.14. The fourth-order valence-corrected chi connectivity index (χ4v) is 0.314. The summed E-state index contributed by atoms with van der Waals surface area (Å²) in [5.74, 6) is 4.41. The largest absolute Gasteiger partial charge is 0.121 e. The lowest BCUT2D eigenvalue weighted by molar-refractivity contribution is 1.14. The minimum atomic E-state index is -0.554. The van der Waals surface area contributed by atoms with Gasteiger partial charge in [-0.25, -0.2) is 0 Å². The van der Waals surface area contributed by atoms with Gasteiger partial charge in [0.25, 0.3) is 0 Å². The molecule has 0 bridgehead atoms. The van der Waals surface area contributed by atoms with Gasteiger partial charge in [0.2, 0.25) is 0 Å². The van der Waals surface area contributed by atoms with Crippen LogP contribution in [-0.4, -0.2) is 10.8 Å². The summed E-state index contributed by atoms with van der Waals surface area (Å²) in [6.45, 7) is 0. The lowest BCUT2D eigenvalue weighted by Crippen LogP contribution is -2.08. The summed E-state index contributed by atoms with van der Waals surface area (Å²) in [6, 6.07) is 0. The number of halogens is 2. The van der Waals surface area contributed by atoms with Crippen molar-refractivity contribution < 1.29 is 0 Å². The Balaban J connectivity index is 3.72. The first kappa shape index (κ1) is 7.70. The van der Waals surface area contributed by atoms with Crippen LogP contribution < -0.4 is 0 Å². The predicted molar refractivity (Wildman–Crippen MR) is 36.9 cm³/mol. The first-order valence-electron chi connectivity index (χ1n) is 1.92. The minimum absolute atomic E-state index is 0.554. The van der Waals surface area contributed by atoms with E-state index in [9.17, 15) is 0 Å². The van der Waals surface area contributed by atoms with Crippen LogP contribution in [0.15, 0.2) is 0 Å². The van der Waals surface area contributed by atoms with E-state index in [1.807, 2.05) is 0 Å². The smallest absolute Gasteiger partial charge is 0.118 e. The van der Waals surface area contributed by atoms with Crippen LogP contribution in [0.5, 0.6) is 0 Å². The van der Waals surface area contributed by atoms with Crippen LogP contribution in [0.3, 0.4) is 0 Å². The van der Waals surface area contributed by atoms with Crippen molar-refractivity contribution in [1.29, 1.82) is 0 Å². The van der Waals surface area contributed by atoms with Gasteiger partial charge in [-0.05, 0) is 0 Å². The fraction of sp³-hybridized carbons (Fsp3) is 0.333. The topological polar surface area (TPSA) is 0 Å². The van der Waals surface area contributed by atoms with E-state index in [4.69, 9.17) is 36.0 Å². The number of hydrogen-bond acceptors (Lipinski definition) is 0. The van der Waals surface area contributed by atoms with Gasteiger partial charge in [-0.15, -0.1) is 36.0 Å². The van der Waals surface area contributed by atoms with Crippen molar-refractivity contribution in [2.75, 3.05) is 0 Å². The van der Waals surface area contributed by atoms with Crippen molar-refractivity contribution in [3.63, 3.8) is 0 Å². The standard InChI is InChI=1S/C6H4Cl2/c1-3-5(7)6(8)4-2/h1-2,5-6H. The Hall–Kier alpha value is -0.300. The molecule has 0 heterocycles. The monoisotopic (exact) mass is 146 g/mol. The Morgan fingerprint density at radius 1 is 1.00 bits per heavy atom. The fourth-order valence-electron chi connectivity index (χ4n) is 0.169. The SMILES string of the molecule is C#CC(Cl)C(Cl)C#C. The number of hydrogen-bond donors (Lipinski definition) is 0. The van der Waals surface area contributed by atoms with Gasteiger partial charge in [0, 0.05) is 0 Å². The van der Waals surface area contributed by atoms with Crippen molar-refractivity contribution >= 4 is 23.2 Å². The molecule has 8 heavy (non-hydrogen) atoms. The predicted octanol–water partition coefficient (Wildman–Crippen LogP) is 1.47. The Morgan fingerprint density at radius 2 is 1.25 bits per heavy atom. The summed E-state index contributed by atoms with van der Waals surface area (Å²) < 4.78 is 0. The maximum Gasteiger partial charge on any atom is 0.121 e. The van der Waals surface area contributed by atoms with Gasteiger partial charge in [-0.3, -0.25) is 0 Å². The molecular weight excluding hydrogens is 143 g/mol. The number of alkyl halides is 2. The summed E-state index contributed by atoms with van der Waals surface area (Å²) in [7, 11) is 0. The molecular formula is C6H4Cl2. The molecule has 0 saturated carbocycles. The van der Waals surface area contributed by atoms with Gasteiger partial charge < -0.3 is 0 Å². The zero-order valence-electron chi connectivity index (χ0n) is 4.07. The molecule has 2 atom stereocenters. The molecule has 0 fully saturated rings. The summed E-state index contributed by atoms with van der Waals surface area (Å²) in [5, 5.41) is -1.11. The van der Waals surface area contributed by atoms with Crippen molar-refractivity contribution in [3.05, 3.63) is 0 Å². The summed E-state index contributed by atoms with van der Waals surface area (Å²) in [4.78, 5) is 0. The molecule has 0 aromatic heterocycles. The Kier molecular flexibility index (Phi) is 3.53. The average Bonchev–Trinajstić information content (AvgIpc) is 1.84. The van der Waals surface area contributed by atoms with E-state index in [1.165, 1.54) is 0 Å². The van der Waals surface area contributed by atoms with Crippen LogP contribution in [0.2, 0.25) is 0 Å². The van der Waals surface area contributed by atoms with Gasteiger partial charge in [0.1, 0.15) is 10.8 Å². The van der Waals surface area contributed by atoms with Crippen LogP contribution in [0.25, 0.3) is 0 Å². The maximum absolute atomic E-state index is 5.41. The van der Waals surface area contributed by atoms with E-state index >= 15 is 0 Å². The lowest BCUT2D eigenvalue weighted by atomic mass is 10.3. The zero-order valence-corrected chi connectivity index (χ0v) is 5.58. The van der Waals surface area contributed by atoms with Gasteiger partial charge in [0.15, 0.2) is 0 Å². The summed E-state index contributed by atoms with van der Waals surface area (Å²) in [5.41, 5.74) is 0. The molecule has 0 aliphatic rings. The number of rotatable bonds is 1. The summed E-state index contributed by atoms with van der Waals surface area (Å²) in [6.07, 6.45) is 9.77. The average molecular weight is 147 g/mol. The van der Waals surface area contributed by atoms with E-state index in [1.54, 1.807) is 0 Å². The third-order valence-electron chi connectivity index (χ3n) is 0.575. The molecule has 0 aliphatic heterocycles. The molecule has 0 aromatic carbocycles. The normalized spacial score (nSPS) is 15.5. The Labute approximate surface area is 59.2 Å². The van der Waals surface area contributed by atoms with Crippen LogP contribution in [-0.2, 0) is 0 Å². The van der Waals surface area contributed by atoms with Crippen LogP contribution in [0, 0.1) is 24.7 Å². The molecule has 2 unspecified atom stereocenters. The quantitative estimate of drug-likeness (QED) is 0.389. The molecule has 0 aliphatic carbocycles. The van der Waals surface area contributed by atoms with Crippen molar-refractivity contribution in [2.45, 2.75) is 10.8 Å². The molecule has 0 saturated heterocycles.